The molecule has 0 fully saturated rings. The Kier molecular flexibility index (Phi) is 5.34. The number of hydrogen-bond acceptors (Lipinski definition) is 1. The van der Waals surface area contributed by atoms with Crippen LogP contribution in [-0.4, -0.2) is 9.55 Å². The molecule has 1 aromatic carbocycles. The minimum absolute atomic E-state index is 0.539. The summed E-state index contributed by atoms with van der Waals surface area (Å²) in [6.07, 6.45) is 6.72. The van der Waals surface area contributed by atoms with Crippen LogP contribution in [-0.2, 0) is 6.42 Å². The fraction of sp³-hybridized carbons (Fsp3) is 0.357. The van der Waals surface area contributed by atoms with Crippen LogP contribution in [0, 0.1) is 0 Å². The lowest BCUT2D eigenvalue weighted by atomic mass is 10.2. The standard InChI is InChI=1S/C8H10.C6H10N2/c1-2-8-6-4-3-5-7-8;1-6(2)8-4-3-7-5-8/h3-7H,2H2,1H3;3-6H,1-2H3. The van der Waals surface area contributed by atoms with Gasteiger partial charge in [0.05, 0.1) is 6.33 Å². The predicted molar refractivity (Wildman–Crippen MR) is 68.4 cm³/mol. The van der Waals surface area contributed by atoms with Crippen molar-refractivity contribution >= 4 is 0 Å². The predicted octanol–water partition coefficient (Wildman–Crippen LogP) is 3.71. The van der Waals surface area contributed by atoms with E-state index in [-0.39, 0.29) is 0 Å². The van der Waals surface area contributed by atoms with E-state index in [0.29, 0.717) is 6.04 Å². The zero-order valence-corrected chi connectivity index (χ0v) is 10.3. The number of aromatic nitrogens is 2. The fourth-order valence-corrected chi connectivity index (χ4v) is 1.29. The third-order valence-corrected chi connectivity index (χ3v) is 2.37. The highest BCUT2D eigenvalue weighted by Gasteiger charge is 1.90. The molecule has 1 aromatic heterocycles. The number of imidazole rings is 1. The average molecular weight is 216 g/mol. The molecular weight excluding hydrogens is 196 g/mol. The Morgan fingerprint density at radius 2 is 1.88 bits per heavy atom. The van der Waals surface area contributed by atoms with Gasteiger partial charge in [0.1, 0.15) is 0 Å². The van der Waals surface area contributed by atoms with E-state index >= 15 is 0 Å². The van der Waals surface area contributed by atoms with Gasteiger partial charge in [0.2, 0.25) is 0 Å². The molecule has 0 unspecified atom stereocenters. The van der Waals surface area contributed by atoms with E-state index in [2.05, 4.69) is 54.6 Å². The molecule has 0 aliphatic rings. The topological polar surface area (TPSA) is 17.8 Å². The molecule has 0 N–H and O–H groups in total. The van der Waals surface area contributed by atoms with Gasteiger partial charge in [0.25, 0.3) is 0 Å². The molecule has 16 heavy (non-hydrogen) atoms. The van der Waals surface area contributed by atoms with Crippen molar-refractivity contribution in [2.45, 2.75) is 33.2 Å². The largest absolute Gasteiger partial charge is 0.335 e. The molecule has 0 radical (unpaired) electrons. The first-order valence-corrected chi connectivity index (χ1v) is 5.75. The molecule has 0 bridgehead atoms. The molecule has 2 aromatic rings. The Morgan fingerprint density at radius 3 is 2.19 bits per heavy atom. The lowest BCUT2D eigenvalue weighted by molar-refractivity contribution is 0.600. The first-order chi connectivity index (χ1) is 7.74. The van der Waals surface area contributed by atoms with Crippen LogP contribution in [0.3, 0.4) is 0 Å². The molecule has 1 heterocycles. The molecular formula is C14H20N2. The van der Waals surface area contributed by atoms with Gasteiger partial charge in [0.15, 0.2) is 0 Å². The lowest BCUT2D eigenvalue weighted by Crippen LogP contribution is -1.95. The Labute approximate surface area is 98.0 Å². The van der Waals surface area contributed by atoms with Crippen molar-refractivity contribution in [2.24, 2.45) is 0 Å². The van der Waals surface area contributed by atoms with Crippen molar-refractivity contribution in [1.29, 1.82) is 0 Å². The quantitative estimate of drug-likeness (QED) is 0.748. The minimum atomic E-state index is 0.539. The summed E-state index contributed by atoms with van der Waals surface area (Å²) >= 11 is 0. The summed E-state index contributed by atoms with van der Waals surface area (Å²) < 4.78 is 2.06. The number of nitrogens with zero attached hydrogens (tertiary/aromatic N) is 2. The summed E-state index contributed by atoms with van der Waals surface area (Å²) in [4.78, 5) is 3.91. The average Bonchev–Trinajstić information content (AvgIpc) is 2.85. The second-order valence-corrected chi connectivity index (χ2v) is 3.94. The van der Waals surface area contributed by atoms with Crippen molar-refractivity contribution in [3.8, 4) is 0 Å². The highest BCUT2D eigenvalue weighted by atomic mass is 15.0. The summed E-state index contributed by atoms with van der Waals surface area (Å²) in [6, 6.07) is 11.0. The van der Waals surface area contributed by atoms with E-state index < -0.39 is 0 Å². The summed E-state index contributed by atoms with van der Waals surface area (Å²) in [7, 11) is 0. The fourth-order valence-electron chi connectivity index (χ4n) is 1.29. The first kappa shape index (κ1) is 12.5. The summed E-state index contributed by atoms with van der Waals surface area (Å²) in [6.45, 7) is 6.42. The third kappa shape index (κ3) is 4.30. The second kappa shape index (κ2) is 6.83. The molecule has 0 spiro atoms. The van der Waals surface area contributed by atoms with Gasteiger partial charge in [-0.1, -0.05) is 37.3 Å². The van der Waals surface area contributed by atoms with Gasteiger partial charge in [-0.3, -0.25) is 0 Å². The Morgan fingerprint density at radius 1 is 1.19 bits per heavy atom. The number of rotatable bonds is 2. The first-order valence-electron chi connectivity index (χ1n) is 5.75. The number of aryl methyl sites for hydroxylation is 1. The molecule has 2 heteroatoms. The summed E-state index contributed by atoms with van der Waals surface area (Å²) in [5.41, 5.74) is 1.41. The van der Waals surface area contributed by atoms with Crippen molar-refractivity contribution < 1.29 is 0 Å². The van der Waals surface area contributed by atoms with Gasteiger partial charge >= 0.3 is 0 Å². The maximum absolute atomic E-state index is 3.91. The highest BCUT2D eigenvalue weighted by Crippen LogP contribution is 1.99. The molecule has 0 aliphatic carbocycles. The molecule has 0 saturated carbocycles. The molecule has 0 amide bonds. The molecule has 2 rings (SSSR count). The SMILES string of the molecule is CC(C)n1ccnc1.CCc1ccccc1. The summed E-state index contributed by atoms with van der Waals surface area (Å²) in [5, 5.41) is 0. The monoisotopic (exact) mass is 216 g/mol. The van der Waals surface area contributed by atoms with Crippen LogP contribution >= 0.6 is 0 Å². The zero-order chi connectivity index (χ0) is 11.8. The van der Waals surface area contributed by atoms with Crippen LogP contribution in [0.15, 0.2) is 49.1 Å². The van der Waals surface area contributed by atoms with Crippen LogP contribution in [0.2, 0.25) is 0 Å². The van der Waals surface area contributed by atoms with Crippen LogP contribution in [0.4, 0.5) is 0 Å². The van der Waals surface area contributed by atoms with Crippen molar-refractivity contribution in [1.82, 2.24) is 9.55 Å². The van der Waals surface area contributed by atoms with Gasteiger partial charge in [-0.2, -0.15) is 0 Å². The maximum Gasteiger partial charge on any atom is 0.0948 e. The Hall–Kier alpha value is -1.57. The lowest BCUT2D eigenvalue weighted by Gasteiger charge is -2.02. The maximum atomic E-state index is 3.91. The number of hydrogen-bond donors (Lipinski definition) is 0. The molecule has 86 valence electrons. The van der Waals surface area contributed by atoms with Crippen LogP contribution in [0.5, 0.6) is 0 Å². The van der Waals surface area contributed by atoms with Crippen molar-refractivity contribution in [3.63, 3.8) is 0 Å². The van der Waals surface area contributed by atoms with E-state index in [4.69, 9.17) is 0 Å². The Balaban J connectivity index is 0.000000160. The van der Waals surface area contributed by atoms with Crippen LogP contribution < -0.4 is 0 Å². The van der Waals surface area contributed by atoms with E-state index in [1.807, 2.05) is 18.6 Å². The second-order valence-electron chi connectivity index (χ2n) is 3.94. The molecule has 0 aliphatic heterocycles. The number of benzene rings is 1. The van der Waals surface area contributed by atoms with Gasteiger partial charge in [-0.15, -0.1) is 0 Å². The van der Waals surface area contributed by atoms with E-state index in [9.17, 15) is 0 Å². The van der Waals surface area contributed by atoms with Gasteiger partial charge in [0, 0.05) is 18.4 Å². The smallest absolute Gasteiger partial charge is 0.0948 e. The molecule has 0 atom stereocenters. The highest BCUT2D eigenvalue weighted by molar-refractivity contribution is 5.13. The Bertz CT molecular complexity index is 363. The van der Waals surface area contributed by atoms with Gasteiger partial charge in [-0.25, -0.2) is 4.98 Å². The van der Waals surface area contributed by atoms with E-state index in [0.717, 1.165) is 6.42 Å². The molecule has 0 saturated heterocycles. The summed E-state index contributed by atoms with van der Waals surface area (Å²) in [5.74, 6) is 0. The third-order valence-electron chi connectivity index (χ3n) is 2.37. The van der Waals surface area contributed by atoms with E-state index in [1.54, 1.807) is 6.20 Å². The minimum Gasteiger partial charge on any atom is -0.335 e. The van der Waals surface area contributed by atoms with Crippen molar-refractivity contribution in [2.75, 3.05) is 0 Å². The van der Waals surface area contributed by atoms with Gasteiger partial charge in [-0.05, 0) is 25.8 Å². The van der Waals surface area contributed by atoms with E-state index in [1.165, 1.54) is 5.56 Å². The molecule has 2 nitrogen and oxygen atoms in total. The van der Waals surface area contributed by atoms with Crippen molar-refractivity contribution in [3.05, 3.63) is 54.6 Å². The van der Waals surface area contributed by atoms with Crippen LogP contribution in [0.1, 0.15) is 32.4 Å². The van der Waals surface area contributed by atoms with Crippen LogP contribution in [0.25, 0.3) is 0 Å². The normalized spacial score (nSPS) is 9.75. The van der Waals surface area contributed by atoms with Gasteiger partial charge < -0.3 is 4.57 Å². The zero-order valence-electron chi connectivity index (χ0n) is 10.3.